The normalized spacial score (nSPS) is 34.6. The highest BCUT2D eigenvalue weighted by Gasteiger charge is 2.78. The van der Waals surface area contributed by atoms with Crippen LogP contribution >= 0.6 is 0 Å². The van der Waals surface area contributed by atoms with Crippen LogP contribution in [-0.4, -0.2) is 31.5 Å². The molecule has 0 N–H and O–H groups in total. The Morgan fingerprint density at radius 2 is 1.60 bits per heavy atom. The van der Waals surface area contributed by atoms with Crippen molar-refractivity contribution < 1.29 is 26.3 Å². The van der Waals surface area contributed by atoms with Crippen molar-refractivity contribution in [3.63, 3.8) is 0 Å². The molecule has 1 aromatic rings. The molecule has 3 atom stereocenters. The summed E-state index contributed by atoms with van der Waals surface area (Å²) in [5.41, 5.74) is 0.743. The van der Waals surface area contributed by atoms with Gasteiger partial charge >= 0.3 is 10.9 Å². The average Bonchev–Trinajstić information content (AvgIpc) is 2.93. The Labute approximate surface area is 114 Å². The van der Waals surface area contributed by atoms with Gasteiger partial charge in [-0.1, -0.05) is 29.8 Å². The van der Waals surface area contributed by atoms with Crippen molar-refractivity contribution >= 4 is 9.84 Å². The molecule has 108 valence electrons. The zero-order valence-electron chi connectivity index (χ0n) is 10.4. The van der Waals surface area contributed by atoms with Crippen molar-refractivity contribution in [1.82, 2.24) is 0 Å². The summed E-state index contributed by atoms with van der Waals surface area (Å²) in [5, 5.41) is -3.77. The Hall–Kier alpha value is -1.34. The Morgan fingerprint density at radius 3 is 2.10 bits per heavy atom. The summed E-state index contributed by atoms with van der Waals surface area (Å²) >= 11 is 0. The molecule has 0 radical (unpaired) electrons. The Morgan fingerprint density at radius 1 is 1.05 bits per heavy atom. The van der Waals surface area contributed by atoms with Gasteiger partial charge in [-0.2, -0.15) is 8.78 Å². The van der Waals surface area contributed by atoms with Gasteiger partial charge in [-0.05, 0) is 19.1 Å². The van der Waals surface area contributed by atoms with Crippen molar-refractivity contribution in [2.75, 3.05) is 0 Å². The smallest absolute Gasteiger partial charge is 0.328 e. The van der Waals surface area contributed by atoms with Crippen molar-refractivity contribution in [3.05, 3.63) is 42.0 Å². The van der Waals surface area contributed by atoms with E-state index >= 15 is 0 Å². The van der Waals surface area contributed by atoms with E-state index in [9.17, 15) is 21.6 Å². The minimum absolute atomic E-state index is 0.477. The first-order valence-corrected chi connectivity index (χ1v) is 7.41. The summed E-state index contributed by atoms with van der Waals surface area (Å²) in [4.78, 5) is -0.477. The molecule has 20 heavy (non-hydrogen) atoms. The predicted molar refractivity (Wildman–Crippen MR) is 65.0 cm³/mol. The Kier molecular flexibility index (Phi) is 2.63. The Bertz CT molecular complexity index is 681. The van der Waals surface area contributed by atoms with Crippen LogP contribution in [0.1, 0.15) is 5.56 Å². The lowest BCUT2D eigenvalue weighted by molar-refractivity contribution is -0.0893. The number of ether oxygens (including phenoxy) is 1. The van der Waals surface area contributed by atoms with E-state index < -0.39 is 37.9 Å². The van der Waals surface area contributed by atoms with Crippen LogP contribution in [0.4, 0.5) is 13.2 Å². The van der Waals surface area contributed by atoms with Gasteiger partial charge < -0.3 is 4.74 Å². The second kappa shape index (κ2) is 3.85. The number of sulfone groups is 1. The van der Waals surface area contributed by atoms with Crippen LogP contribution in [0.15, 0.2) is 41.3 Å². The van der Waals surface area contributed by atoms with E-state index in [0.29, 0.717) is 0 Å². The molecule has 1 aromatic carbocycles. The lowest BCUT2D eigenvalue weighted by atomic mass is 10.0. The summed E-state index contributed by atoms with van der Waals surface area (Å²) < 4.78 is 72.2. The first kappa shape index (κ1) is 13.6. The molecule has 3 nitrogen and oxygen atoms in total. The van der Waals surface area contributed by atoms with Crippen LogP contribution in [0.25, 0.3) is 0 Å². The van der Waals surface area contributed by atoms with Crippen LogP contribution in [0.3, 0.4) is 0 Å². The fourth-order valence-electron chi connectivity index (χ4n) is 2.47. The number of rotatable bonds is 2. The summed E-state index contributed by atoms with van der Waals surface area (Å²) in [6.07, 6.45) is -1.59. The zero-order chi connectivity index (χ0) is 14.8. The van der Waals surface area contributed by atoms with E-state index in [1.165, 1.54) is 12.1 Å². The van der Waals surface area contributed by atoms with Crippen molar-refractivity contribution in [3.8, 4) is 0 Å². The predicted octanol–water partition coefficient (Wildman–Crippen LogP) is 2.41. The molecule has 0 amide bonds. The van der Waals surface area contributed by atoms with Crippen molar-refractivity contribution in [2.24, 2.45) is 0 Å². The van der Waals surface area contributed by atoms with E-state index in [-0.39, 0.29) is 0 Å². The number of aryl methyl sites for hydroxylation is 1. The first-order chi connectivity index (χ1) is 9.21. The first-order valence-electron chi connectivity index (χ1n) is 5.93. The van der Waals surface area contributed by atoms with Crippen LogP contribution < -0.4 is 0 Å². The maximum absolute atomic E-state index is 14.8. The number of benzene rings is 1. The third-order valence-electron chi connectivity index (χ3n) is 3.65. The molecule has 2 heterocycles. The second-order valence-electron chi connectivity index (χ2n) is 4.95. The molecule has 0 spiro atoms. The standard InChI is InChI=1S/C13H11F3O3S/c1-8-2-4-9(5-3-8)20(17,18)13(16)11-7-6-10(19-11)12(13,14)15/h2-7,10-11H,1H3. The molecule has 0 saturated carbocycles. The maximum Gasteiger partial charge on any atom is 0.328 e. The minimum Gasteiger partial charge on any atom is -0.356 e. The van der Waals surface area contributed by atoms with Crippen molar-refractivity contribution in [1.29, 1.82) is 0 Å². The largest absolute Gasteiger partial charge is 0.356 e. The van der Waals surface area contributed by atoms with E-state index in [1.807, 2.05) is 0 Å². The number of fused-ring (bicyclic) bond motifs is 2. The number of halogens is 3. The average molecular weight is 304 g/mol. The van der Waals surface area contributed by atoms with E-state index in [0.717, 1.165) is 29.8 Å². The van der Waals surface area contributed by atoms with Crippen LogP contribution in [0.5, 0.6) is 0 Å². The molecule has 1 fully saturated rings. The van der Waals surface area contributed by atoms with E-state index in [4.69, 9.17) is 4.74 Å². The molecular weight excluding hydrogens is 293 g/mol. The zero-order valence-corrected chi connectivity index (χ0v) is 11.2. The van der Waals surface area contributed by atoms with Gasteiger partial charge in [-0.25, -0.2) is 12.8 Å². The van der Waals surface area contributed by atoms with Gasteiger partial charge in [0.1, 0.15) is 12.2 Å². The minimum atomic E-state index is -4.89. The highest BCUT2D eigenvalue weighted by atomic mass is 32.2. The third-order valence-corrected chi connectivity index (χ3v) is 5.83. The monoisotopic (exact) mass is 304 g/mol. The number of hydrogen-bond donors (Lipinski definition) is 0. The van der Waals surface area contributed by atoms with Crippen LogP contribution in [-0.2, 0) is 14.6 Å². The molecule has 1 saturated heterocycles. The summed E-state index contributed by atoms with van der Waals surface area (Å²) in [6, 6.07) is 5.10. The lowest BCUT2D eigenvalue weighted by Crippen LogP contribution is -2.56. The van der Waals surface area contributed by atoms with Gasteiger partial charge in [-0.3, -0.25) is 0 Å². The van der Waals surface area contributed by atoms with Gasteiger partial charge in [0, 0.05) is 0 Å². The molecule has 3 rings (SSSR count). The topological polar surface area (TPSA) is 43.4 Å². The third kappa shape index (κ3) is 1.42. The van der Waals surface area contributed by atoms with Crippen LogP contribution in [0.2, 0.25) is 0 Å². The van der Waals surface area contributed by atoms with E-state index in [2.05, 4.69) is 0 Å². The second-order valence-corrected chi connectivity index (χ2v) is 7.02. The number of alkyl halides is 3. The molecule has 2 aliphatic rings. The van der Waals surface area contributed by atoms with E-state index in [1.54, 1.807) is 6.92 Å². The number of hydrogen-bond acceptors (Lipinski definition) is 3. The SMILES string of the molecule is Cc1ccc(S(=O)(=O)C2(F)C3C=CC(O3)C2(F)F)cc1. The van der Waals surface area contributed by atoms with Gasteiger partial charge in [0.15, 0.2) is 0 Å². The molecular formula is C13H11F3O3S. The molecule has 2 bridgehead atoms. The van der Waals surface area contributed by atoms with Gasteiger partial charge in [0.25, 0.3) is 0 Å². The molecule has 3 unspecified atom stereocenters. The van der Waals surface area contributed by atoms with Gasteiger partial charge in [-0.15, -0.1) is 0 Å². The quantitative estimate of drug-likeness (QED) is 0.788. The highest BCUT2D eigenvalue weighted by Crippen LogP contribution is 2.55. The fourth-order valence-corrected chi connectivity index (χ4v) is 4.22. The van der Waals surface area contributed by atoms with Gasteiger partial charge in [0.2, 0.25) is 9.84 Å². The highest BCUT2D eigenvalue weighted by molar-refractivity contribution is 7.92. The summed E-state index contributed by atoms with van der Waals surface area (Å²) in [7, 11) is -4.89. The molecule has 2 aliphatic heterocycles. The molecule has 0 aromatic heterocycles. The Balaban J connectivity index is 2.16. The maximum atomic E-state index is 14.8. The summed E-state index contributed by atoms with van der Waals surface area (Å²) in [5.74, 6) is -4.11. The summed E-state index contributed by atoms with van der Waals surface area (Å²) in [6.45, 7) is 1.71. The molecule has 7 heteroatoms. The van der Waals surface area contributed by atoms with Gasteiger partial charge in [0.05, 0.1) is 4.90 Å². The molecule has 0 aliphatic carbocycles. The fraction of sp³-hybridized carbons (Fsp3) is 0.385. The van der Waals surface area contributed by atoms with Crippen LogP contribution in [0, 0.1) is 6.92 Å². The lowest BCUT2D eigenvalue weighted by Gasteiger charge is -2.31. The van der Waals surface area contributed by atoms with Crippen molar-refractivity contribution in [2.45, 2.75) is 35.0 Å².